The SMILES string of the molecule is CC1(C)[C@@H]2CC[C@@]1(CN1CCOCC1)[C@H](O)C2. The van der Waals surface area contributed by atoms with E-state index in [2.05, 4.69) is 18.7 Å². The lowest BCUT2D eigenvalue weighted by Gasteiger charge is -2.44. The highest BCUT2D eigenvalue weighted by Gasteiger charge is 2.63. The molecule has 0 radical (unpaired) electrons. The molecule has 3 heteroatoms. The van der Waals surface area contributed by atoms with Crippen molar-refractivity contribution >= 4 is 0 Å². The first-order valence-electron chi connectivity index (χ1n) is 7.04. The van der Waals surface area contributed by atoms with E-state index in [1.54, 1.807) is 0 Å². The zero-order valence-electron chi connectivity index (χ0n) is 11.1. The van der Waals surface area contributed by atoms with E-state index < -0.39 is 0 Å². The third kappa shape index (κ3) is 1.59. The van der Waals surface area contributed by atoms with Crippen LogP contribution in [0.5, 0.6) is 0 Å². The van der Waals surface area contributed by atoms with Gasteiger partial charge in [-0.2, -0.15) is 0 Å². The Balaban J connectivity index is 1.79. The minimum atomic E-state index is -0.0842. The van der Waals surface area contributed by atoms with Crippen molar-refractivity contribution in [2.24, 2.45) is 16.7 Å². The van der Waals surface area contributed by atoms with Gasteiger partial charge in [-0.3, -0.25) is 4.90 Å². The molecule has 2 bridgehead atoms. The molecule has 3 nitrogen and oxygen atoms in total. The first-order valence-corrected chi connectivity index (χ1v) is 7.04. The third-order valence-corrected chi connectivity index (χ3v) is 6.00. The van der Waals surface area contributed by atoms with Gasteiger partial charge in [-0.1, -0.05) is 13.8 Å². The minimum absolute atomic E-state index is 0.0842. The maximum absolute atomic E-state index is 10.5. The number of aliphatic hydroxyl groups is 1. The smallest absolute Gasteiger partial charge is 0.0616 e. The van der Waals surface area contributed by atoms with Crippen molar-refractivity contribution in [1.82, 2.24) is 4.90 Å². The quantitative estimate of drug-likeness (QED) is 0.793. The van der Waals surface area contributed by atoms with Crippen LogP contribution < -0.4 is 0 Å². The Morgan fingerprint density at radius 2 is 2.00 bits per heavy atom. The van der Waals surface area contributed by atoms with E-state index in [0.717, 1.165) is 45.2 Å². The molecular weight excluding hydrogens is 214 g/mol. The highest BCUT2D eigenvalue weighted by atomic mass is 16.5. The summed E-state index contributed by atoms with van der Waals surface area (Å²) in [6, 6.07) is 0. The Labute approximate surface area is 104 Å². The predicted molar refractivity (Wildman–Crippen MR) is 66.8 cm³/mol. The zero-order valence-corrected chi connectivity index (χ0v) is 11.1. The summed E-state index contributed by atoms with van der Waals surface area (Å²) in [6.45, 7) is 9.61. The summed E-state index contributed by atoms with van der Waals surface area (Å²) >= 11 is 0. The van der Waals surface area contributed by atoms with Gasteiger partial charge in [0.1, 0.15) is 0 Å². The summed E-state index contributed by atoms with van der Waals surface area (Å²) in [7, 11) is 0. The van der Waals surface area contributed by atoms with Gasteiger partial charge in [0.2, 0.25) is 0 Å². The monoisotopic (exact) mass is 239 g/mol. The van der Waals surface area contributed by atoms with E-state index in [0.29, 0.717) is 5.41 Å². The van der Waals surface area contributed by atoms with Gasteiger partial charge < -0.3 is 9.84 Å². The van der Waals surface area contributed by atoms with Crippen LogP contribution in [0.4, 0.5) is 0 Å². The highest BCUT2D eigenvalue weighted by molar-refractivity contribution is 5.13. The topological polar surface area (TPSA) is 32.7 Å². The third-order valence-electron chi connectivity index (χ3n) is 6.00. The first-order chi connectivity index (χ1) is 8.06. The molecule has 1 aliphatic heterocycles. The average molecular weight is 239 g/mol. The second-order valence-electron chi connectivity index (χ2n) is 6.75. The minimum Gasteiger partial charge on any atom is -0.392 e. The van der Waals surface area contributed by atoms with Crippen molar-refractivity contribution in [3.05, 3.63) is 0 Å². The molecule has 0 amide bonds. The Bertz CT molecular complexity index is 299. The lowest BCUT2D eigenvalue weighted by atomic mass is 9.68. The molecule has 0 unspecified atom stereocenters. The summed E-state index contributed by atoms with van der Waals surface area (Å²) in [5, 5.41) is 10.5. The number of hydrogen-bond acceptors (Lipinski definition) is 3. The second-order valence-corrected chi connectivity index (χ2v) is 6.75. The van der Waals surface area contributed by atoms with Crippen LogP contribution in [0.1, 0.15) is 33.1 Å². The molecular formula is C14H25NO2. The molecule has 0 aromatic carbocycles. The van der Waals surface area contributed by atoms with E-state index in [1.165, 1.54) is 12.8 Å². The molecule has 3 aliphatic rings. The van der Waals surface area contributed by atoms with Gasteiger partial charge in [-0.15, -0.1) is 0 Å². The Hall–Kier alpha value is -0.120. The highest BCUT2D eigenvalue weighted by Crippen LogP contribution is 2.65. The standard InChI is InChI=1S/C14H25NO2/c1-13(2)11-3-4-14(13,12(16)9-11)10-15-5-7-17-8-6-15/h11-12,16H,3-10H2,1-2H3/t11-,12-,14-/m1/s1. The van der Waals surface area contributed by atoms with Crippen LogP contribution in [0.3, 0.4) is 0 Å². The fourth-order valence-corrected chi connectivity index (χ4v) is 4.57. The molecule has 1 saturated heterocycles. The fourth-order valence-electron chi connectivity index (χ4n) is 4.57. The van der Waals surface area contributed by atoms with Crippen molar-refractivity contribution in [2.75, 3.05) is 32.8 Å². The number of rotatable bonds is 2. The summed E-state index contributed by atoms with van der Waals surface area (Å²) < 4.78 is 5.42. The molecule has 17 heavy (non-hydrogen) atoms. The van der Waals surface area contributed by atoms with Crippen LogP contribution in [0.15, 0.2) is 0 Å². The van der Waals surface area contributed by atoms with E-state index in [4.69, 9.17) is 4.74 Å². The normalized spacial score (nSPS) is 45.4. The van der Waals surface area contributed by atoms with Crippen LogP contribution in [0.2, 0.25) is 0 Å². The largest absolute Gasteiger partial charge is 0.392 e. The number of nitrogens with zero attached hydrogens (tertiary/aromatic N) is 1. The lowest BCUT2D eigenvalue weighted by molar-refractivity contribution is -0.0529. The van der Waals surface area contributed by atoms with Gasteiger partial charge in [0.15, 0.2) is 0 Å². The summed E-state index contributed by atoms with van der Waals surface area (Å²) in [5.41, 5.74) is 0.458. The van der Waals surface area contributed by atoms with Crippen molar-refractivity contribution < 1.29 is 9.84 Å². The summed E-state index contributed by atoms with van der Waals surface area (Å²) in [5.74, 6) is 0.735. The van der Waals surface area contributed by atoms with Gasteiger partial charge in [-0.05, 0) is 30.6 Å². The van der Waals surface area contributed by atoms with Crippen molar-refractivity contribution in [1.29, 1.82) is 0 Å². The molecule has 2 saturated carbocycles. The van der Waals surface area contributed by atoms with Crippen LogP contribution >= 0.6 is 0 Å². The summed E-state index contributed by atoms with van der Waals surface area (Å²) in [4.78, 5) is 2.50. The molecule has 0 spiro atoms. The van der Waals surface area contributed by atoms with Crippen molar-refractivity contribution in [2.45, 2.75) is 39.2 Å². The Morgan fingerprint density at radius 3 is 2.53 bits per heavy atom. The molecule has 98 valence electrons. The molecule has 1 heterocycles. The molecule has 1 N–H and O–H groups in total. The number of fused-ring (bicyclic) bond motifs is 2. The number of ether oxygens (including phenoxy) is 1. The maximum atomic E-state index is 10.5. The van der Waals surface area contributed by atoms with Crippen LogP contribution in [-0.2, 0) is 4.74 Å². The van der Waals surface area contributed by atoms with E-state index in [-0.39, 0.29) is 11.5 Å². The Kier molecular flexibility index (Phi) is 2.77. The first kappa shape index (κ1) is 11.9. The van der Waals surface area contributed by atoms with E-state index in [9.17, 15) is 5.11 Å². The molecule has 2 aliphatic carbocycles. The number of hydrogen-bond donors (Lipinski definition) is 1. The van der Waals surface area contributed by atoms with E-state index in [1.807, 2.05) is 0 Å². The molecule has 0 aromatic heterocycles. The van der Waals surface area contributed by atoms with Gasteiger partial charge >= 0.3 is 0 Å². The van der Waals surface area contributed by atoms with Crippen LogP contribution in [0.25, 0.3) is 0 Å². The van der Waals surface area contributed by atoms with Gasteiger partial charge in [0.05, 0.1) is 19.3 Å². The van der Waals surface area contributed by atoms with Crippen LogP contribution in [0, 0.1) is 16.7 Å². The predicted octanol–water partition coefficient (Wildman–Crippen LogP) is 1.51. The van der Waals surface area contributed by atoms with Gasteiger partial charge in [0.25, 0.3) is 0 Å². The molecule has 3 fully saturated rings. The summed E-state index contributed by atoms with van der Waals surface area (Å²) in [6.07, 6.45) is 3.47. The Morgan fingerprint density at radius 1 is 1.29 bits per heavy atom. The average Bonchev–Trinajstić information content (AvgIpc) is 2.64. The fraction of sp³-hybridized carbons (Fsp3) is 1.00. The van der Waals surface area contributed by atoms with Gasteiger partial charge in [-0.25, -0.2) is 0 Å². The van der Waals surface area contributed by atoms with Crippen molar-refractivity contribution in [3.8, 4) is 0 Å². The zero-order chi connectivity index (χ0) is 12.1. The van der Waals surface area contributed by atoms with Crippen molar-refractivity contribution in [3.63, 3.8) is 0 Å². The molecule has 3 atom stereocenters. The second kappa shape index (κ2) is 3.94. The molecule has 3 rings (SSSR count). The van der Waals surface area contributed by atoms with E-state index >= 15 is 0 Å². The maximum Gasteiger partial charge on any atom is 0.0616 e. The number of aliphatic hydroxyl groups excluding tert-OH is 1. The lowest BCUT2D eigenvalue weighted by Crippen LogP contribution is -2.50. The molecule has 0 aromatic rings. The number of morpholine rings is 1. The van der Waals surface area contributed by atoms with Gasteiger partial charge in [0, 0.05) is 25.0 Å². The van der Waals surface area contributed by atoms with Crippen LogP contribution in [-0.4, -0.2) is 49.0 Å².